The van der Waals surface area contributed by atoms with Crippen LogP contribution < -0.4 is 0 Å². The van der Waals surface area contributed by atoms with Gasteiger partial charge in [0.15, 0.2) is 0 Å². The average Bonchev–Trinajstić information content (AvgIpc) is 2.10. The normalized spacial score (nSPS) is 28.0. The highest BCUT2D eigenvalue weighted by molar-refractivity contribution is 9.12. The third-order valence-corrected chi connectivity index (χ3v) is 3.43. The van der Waals surface area contributed by atoms with Gasteiger partial charge in [0.25, 0.3) is 0 Å². The smallest absolute Gasteiger partial charge is 0.0300 e. The maximum atomic E-state index is 3.93. The lowest BCUT2D eigenvalue weighted by atomic mass is 10.1. The topological polar surface area (TPSA) is 6.48 Å². The van der Waals surface area contributed by atoms with Gasteiger partial charge in [-0.25, -0.2) is 0 Å². The van der Waals surface area contributed by atoms with E-state index in [2.05, 4.69) is 68.7 Å². The molecule has 4 heteroatoms. The van der Waals surface area contributed by atoms with Crippen molar-refractivity contribution in [2.75, 3.05) is 26.2 Å². The maximum Gasteiger partial charge on any atom is 0.0300 e. The quantitative estimate of drug-likeness (QED) is 0.767. The zero-order valence-corrected chi connectivity index (χ0v) is 13.2. The summed E-state index contributed by atoms with van der Waals surface area (Å²) < 4.78 is 2.12. The number of rotatable bonds is 4. The molecule has 2 atom stereocenters. The zero-order valence-electron chi connectivity index (χ0n) is 10.0. The Morgan fingerprint density at radius 2 is 1.50 bits per heavy atom. The van der Waals surface area contributed by atoms with Crippen molar-refractivity contribution in [1.29, 1.82) is 0 Å². The van der Waals surface area contributed by atoms with E-state index in [9.17, 15) is 0 Å². The van der Waals surface area contributed by atoms with Crippen molar-refractivity contribution < 1.29 is 0 Å². The predicted molar refractivity (Wildman–Crippen MR) is 78.2 cm³/mol. The van der Waals surface area contributed by atoms with Crippen molar-refractivity contribution >= 4 is 31.9 Å². The summed E-state index contributed by atoms with van der Waals surface area (Å²) in [6, 6.07) is 1.12. The summed E-state index contributed by atoms with van der Waals surface area (Å²) in [7, 11) is 0. The van der Waals surface area contributed by atoms with Gasteiger partial charge in [0, 0.05) is 47.2 Å². The molecule has 1 saturated heterocycles. The van der Waals surface area contributed by atoms with Gasteiger partial charge in [-0.05, 0) is 13.8 Å². The van der Waals surface area contributed by atoms with Gasteiger partial charge in [-0.15, -0.1) is 0 Å². The van der Waals surface area contributed by atoms with E-state index in [1.807, 2.05) is 0 Å². The van der Waals surface area contributed by atoms with E-state index in [4.69, 9.17) is 0 Å². The van der Waals surface area contributed by atoms with Crippen LogP contribution in [0.25, 0.3) is 0 Å². The molecule has 1 heterocycles. The third kappa shape index (κ3) is 4.32. The third-order valence-electron chi connectivity index (χ3n) is 2.93. The molecule has 0 aliphatic carbocycles. The molecule has 1 rings (SSSR count). The molecule has 1 aliphatic rings. The number of nitrogens with zero attached hydrogens (tertiary/aromatic N) is 2. The van der Waals surface area contributed by atoms with Gasteiger partial charge in [0.2, 0.25) is 0 Å². The molecule has 0 saturated carbocycles. The minimum absolute atomic E-state index is 0.560. The van der Waals surface area contributed by atoms with Crippen molar-refractivity contribution in [3.63, 3.8) is 0 Å². The van der Waals surface area contributed by atoms with Crippen LogP contribution in [0.3, 0.4) is 0 Å². The van der Waals surface area contributed by atoms with Gasteiger partial charge in [-0.3, -0.25) is 9.80 Å². The monoisotopic (exact) mass is 350 g/mol. The lowest BCUT2D eigenvalue weighted by molar-refractivity contribution is 0.0540. The van der Waals surface area contributed by atoms with Crippen LogP contribution in [0.2, 0.25) is 0 Å². The molecule has 0 spiro atoms. The van der Waals surface area contributed by atoms with Crippen molar-refractivity contribution in [2.45, 2.75) is 25.9 Å². The van der Waals surface area contributed by atoms with Crippen molar-refractivity contribution in [3.05, 3.63) is 22.1 Å². The van der Waals surface area contributed by atoms with Crippen LogP contribution in [0.5, 0.6) is 0 Å². The number of hydrogen-bond acceptors (Lipinski definition) is 2. The molecule has 0 radical (unpaired) electrons. The highest BCUT2D eigenvalue weighted by Crippen LogP contribution is 2.19. The molecule has 0 amide bonds. The van der Waals surface area contributed by atoms with Crippen molar-refractivity contribution in [1.82, 2.24) is 9.80 Å². The molecule has 1 fully saturated rings. The molecule has 0 aromatic heterocycles. The second-order valence-electron chi connectivity index (χ2n) is 4.60. The van der Waals surface area contributed by atoms with Gasteiger partial charge >= 0.3 is 0 Å². The van der Waals surface area contributed by atoms with E-state index >= 15 is 0 Å². The average molecular weight is 352 g/mol. The SMILES string of the molecule is C=C(Br)CN1C[C@@H](C)N(CC(=C)Br)[C@H](C)C1. The fourth-order valence-electron chi connectivity index (χ4n) is 2.35. The predicted octanol–water partition coefficient (Wildman–Crippen LogP) is 3.20. The van der Waals surface area contributed by atoms with Gasteiger partial charge < -0.3 is 0 Å². The Morgan fingerprint density at radius 3 is 1.88 bits per heavy atom. The minimum Gasteiger partial charge on any atom is -0.295 e. The van der Waals surface area contributed by atoms with Gasteiger partial charge in [0.05, 0.1) is 0 Å². The molecule has 0 bridgehead atoms. The standard InChI is InChI=1S/C12H20Br2N2/c1-9(13)5-15-7-11(3)16(6-10(2)14)12(4)8-15/h11-12H,1-2,5-8H2,3-4H3/t11-,12-/m1/s1. The Kier molecular flexibility index (Phi) is 5.71. The molecule has 16 heavy (non-hydrogen) atoms. The van der Waals surface area contributed by atoms with E-state index < -0.39 is 0 Å². The van der Waals surface area contributed by atoms with Crippen LogP contribution in [0.15, 0.2) is 22.1 Å². The first-order valence-corrected chi connectivity index (χ1v) is 7.13. The molecule has 0 aromatic rings. The summed E-state index contributed by atoms with van der Waals surface area (Å²) in [5.41, 5.74) is 0. The lowest BCUT2D eigenvalue weighted by Crippen LogP contribution is -2.56. The molecule has 0 N–H and O–H groups in total. The van der Waals surface area contributed by atoms with Gasteiger partial charge in [-0.1, -0.05) is 45.0 Å². The van der Waals surface area contributed by atoms with Crippen LogP contribution in [0.4, 0.5) is 0 Å². The Morgan fingerprint density at radius 1 is 1.06 bits per heavy atom. The molecule has 2 nitrogen and oxygen atoms in total. The first-order chi connectivity index (χ1) is 7.40. The van der Waals surface area contributed by atoms with E-state index in [1.165, 1.54) is 0 Å². The Labute approximate surface area is 116 Å². The van der Waals surface area contributed by atoms with E-state index in [0.717, 1.165) is 35.1 Å². The fraction of sp³-hybridized carbons (Fsp3) is 0.667. The molecule has 1 aliphatic heterocycles. The molecule has 0 unspecified atom stereocenters. The number of piperazine rings is 1. The second-order valence-corrected chi connectivity index (χ2v) is 6.84. The summed E-state index contributed by atoms with van der Waals surface area (Å²) in [6.45, 7) is 16.4. The van der Waals surface area contributed by atoms with E-state index in [1.54, 1.807) is 0 Å². The second kappa shape index (κ2) is 6.34. The Hall–Kier alpha value is 0.360. The van der Waals surface area contributed by atoms with Crippen molar-refractivity contribution in [3.8, 4) is 0 Å². The largest absolute Gasteiger partial charge is 0.295 e. The first kappa shape index (κ1) is 14.4. The van der Waals surface area contributed by atoms with Gasteiger partial charge in [0.1, 0.15) is 0 Å². The van der Waals surface area contributed by atoms with Crippen LogP contribution >= 0.6 is 31.9 Å². The number of hydrogen-bond donors (Lipinski definition) is 0. The lowest BCUT2D eigenvalue weighted by Gasteiger charge is -2.44. The summed E-state index contributed by atoms with van der Waals surface area (Å²) in [6.07, 6.45) is 0. The number of halogens is 2. The van der Waals surface area contributed by atoms with E-state index in [0.29, 0.717) is 12.1 Å². The maximum absolute atomic E-state index is 3.93. The van der Waals surface area contributed by atoms with Crippen molar-refractivity contribution in [2.24, 2.45) is 0 Å². The fourth-order valence-corrected chi connectivity index (χ4v) is 2.99. The minimum atomic E-state index is 0.560. The molecular formula is C12H20Br2N2. The Bertz CT molecular complexity index is 266. The Balaban J connectivity index is 2.56. The molecular weight excluding hydrogens is 332 g/mol. The van der Waals surface area contributed by atoms with Crippen LogP contribution in [0, 0.1) is 0 Å². The van der Waals surface area contributed by atoms with E-state index in [-0.39, 0.29) is 0 Å². The summed E-state index contributed by atoms with van der Waals surface area (Å²) in [5, 5.41) is 0. The summed E-state index contributed by atoms with van der Waals surface area (Å²) >= 11 is 6.88. The summed E-state index contributed by atoms with van der Waals surface area (Å²) in [5.74, 6) is 0. The van der Waals surface area contributed by atoms with Gasteiger partial charge in [-0.2, -0.15) is 0 Å². The van der Waals surface area contributed by atoms with Crippen LogP contribution in [-0.2, 0) is 0 Å². The first-order valence-electron chi connectivity index (χ1n) is 5.54. The molecule has 0 aromatic carbocycles. The highest BCUT2D eigenvalue weighted by atomic mass is 79.9. The summed E-state index contributed by atoms with van der Waals surface area (Å²) in [4.78, 5) is 4.94. The van der Waals surface area contributed by atoms with Crippen LogP contribution in [-0.4, -0.2) is 48.1 Å². The zero-order chi connectivity index (χ0) is 12.3. The highest BCUT2D eigenvalue weighted by Gasteiger charge is 2.29. The molecule has 92 valence electrons. The van der Waals surface area contributed by atoms with Crippen LogP contribution in [0.1, 0.15) is 13.8 Å².